The molecule has 0 bridgehead atoms. The molecule has 0 N–H and O–H groups in total. The Labute approximate surface area is 207 Å². The number of halogens is 1. The van der Waals surface area contributed by atoms with Crippen molar-refractivity contribution in [2.75, 3.05) is 11.9 Å². The van der Waals surface area contributed by atoms with E-state index in [0.717, 1.165) is 31.2 Å². The highest BCUT2D eigenvalue weighted by atomic mass is 32.2. The van der Waals surface area contributed by atoms with Crippen LogP contribution in [-0.4, -0.2) is 34.0 Å². The van der Waals surface area contributed by atoms with Gasteiger partial charge in [-0.05, 0) is 60.9 Å². The molecule has 0 radical (unpaired) electrons. The number of fused-ring (bicyclic) bond motifs is 2. The molecule has 2 aliphatic rings. The summed E-state index contributed by atoms with van der Waals surface area (Å²) in [6, 6.07) is 18.1. The van der Waals surface area contributed by atoms with Crippen LogP contribution in [0.15, 0.2) is 76.5 Å². The molecular weight excluding hydrogens is 463 g/mol. The Balaban J connectivity index is 1.58. The fourth-order valence-corrected chi connectivity index (χ4v) is 6.31. The molecule has 1 saturated carbocycles. The minimum atomic E-state index is -1.59. The zero-order valence-corrected chi connectivity index (χ0v) is 20.4. The molecule has 3 aromatic rings. The first-order valence-electron chi connectivity index (χ1n) is 11.9. The van der Waals surface area contributed by atoms with E-state index < -0.39 is 10.8 Å². The average Bonchev–Trinajstić information content (AvgIpc) is 2.99. The smallest absolute Gasteiger partial charge is 0.259 e. The maximum Gasteiger partial charge on any atom is 0.259 e. The van der Waals surface area contributed by atoms with Crippen LogP contribution in [0.25, 0.3) is 0 Å². The molecule has 2 amide bonds. The molecule has 5 nitrogen and oxygen atoms in total. The lowest BCUT2D eigenvalue weighted by Crippen LogP contribution is -2.38. The highest BCUT2D eigenvalue weighted by Gasteiger charge is 2.32. The predicted octanol–water partition coefficient (Wildman–Crippen LogP) is 5.56. The monoisotopic (exact) mass is 490 g/mol. The van der Waals surface area contributed by atoms with Gasteiger partial charge in [-0.25, -0.2) is 8.60 Å². The summed E-state index contributed by atoms with van der Waals surface area (Å²) in [5, 5.41) is 0. The van der Waals surface area contributed by atoms with Crippen LogP contribution in [0.5, 0.6) is 0 Å². The van der Waals surface area contributed by atoms with Gasteiger partial charge in [-0.3, -0.25) is 9.59 Å². The third-order valence-corrected chi connectivity index (χ3v) is 8.46. The van der Waals surface area contributed by atoms with Crippen molar-refractivity contribution < 1.29 is 18.2 Å². The number of amides is 2. The van der Waals surface area contributed by atoms with Crippen LogP contribution in [0.3, 0.4) is 0 Å². The van der Waals surface area contributed by atoms with E-state index in [9.17, 15) is 18.2 Å². The Morgan fingerprint density at radius 3 is 2.46 bits per heavy atom. The van der Waals surface area contributed by atoms with E-state index in [2.05, 4.69) is 0 Å². The molecule has 0 unspecified atom stereocenters. The summed E-state index contributed by atoms with van der Waals surface area (Å²) in [6.07, 6.45) is 5.40. The average molecular weight is 491 g/mol. The van der Waals surface area contributed by atoms with Crippen molar-refractivity contribution >= 4 is 28.3 Å². The van der Waals surface area contributed by atoms with E-state index in [1.807, 2.05) is 7.05 Å². The third kappa shape index (κ3) is 4.52. The Morgan fingerprint density at radius 2 is 1.71 bits per heavy atom. The molecule has 5 rings (SSSR count). The summed E-state index contributed by atoms with van der Waals surface area (Å²) in [4.78, 5) is 31.4. The van der Waals surface area contributed by atoms with Crippen molar-refractivity contribution in [2.24, 2.45) is 0 Å². The van der Waals surface area contributed by atoms with E-state index in [-0.39, 0.29) is 30.2 Å². The maximum atomic E-state index is 13.7. The number of carbonyl (C=O) groups is 2. The zero-order chi connectivity index (χ0) is 24.5. The number of anilines is 1. The zero-order valence-electron chi connectivity index (χ0n) is 19.6. The number of benzene rings is 3. The minimum Gasteiger partial charge on any atom is -0.339 e. The summed E-state index contributed by atoms with van der Waals surface area (Å²) in [5.74, 6) is -0.773. The van der Waals surface area contributed by atoms with Crippen LogP contribution < -0.4 is 4.90 Å². The van der Waals surface area contributed by atoms with Crippen LogP contribution >= 0.6 is 0 Å². The normalized spacial score (nSPS) is 17.9. The van der Waals surface area contributed by atoms with Crippen LogP contribution in [0.2, 0.25) is 0 Å². The highest BCUT2D eigenvalue weighted by Crippen LogP contribution is 2.36. The fraction of sp³-hybridized carbons (Fsp3) is 0.286. The largest absolute Gasteiger partial charge is 0.339 e. The molecule has 7 heteroatoms. The lowest BCUT2D eigenvalue weighted by Gasteiger charge is -2.31. The van der Waals surface area contributed by atoms with Crippen LogP contribution in [0, 0.1) is 5.82 Å². The van der Waals surface area contributed by atoms with Gasteiger partial charge in [0, 0.05) is 18.7 Å². The molecule has 1 heterocycles. The molecule has 35 heavy (non-hydrogen) atoms. The Bertz CT molecular complexity index is 1300. The van der Waals surface area contributed by atoms with Gasteiger partial charge in [0.2, 0.25) is 0 Å². The third-order valence-electron chi connectivity index (χ3n) is 6.96. The second kappa shape index (κ2) is 9.74. The molecule has 0 spiro atoms. The second-order valence-electron chi connectivity index (χ2n) is 9.17. The SMILES string of the molecule is CN(C(=O)c1ccc2c(c1)N(Cc1ccc(F)cc1)C(=O)c1ccccc1[S@@]2=O)C1CCCCC1. The van der Waals surface area contributed by atoms with Crippen LogP contribution in [0.4, 0.5) is 10.1 Å². The molecule has 3 aromatic carbocycles. The first kappa shape index (κ1) is 23.4. The van der Waals surface area contributed by atoms with Crippen molar-refractivity contribution in [1.82, 2.24) is 4.90 Å². The molecule has 1 atom stereocenters. The summed E-state index contributed by atoms with van der Waals surface area (Å²) in [5.41, 5.74) is 1.98. The van der Waals surface area contributed by atoms with Crippen molar-refractivity contribution in [3.05, 3.63) is 89.2 Å². The molecular formula is C28H27FN2O3S. The standard InChI is InChI=1S/C28H27FN2O3S/c1-30(22-7-3-2-4-8-22)27(32)20-13-16-26-24(17-20)31(18-19-11-14-21(29)15-12-19)28(33)23-9-5-6-10-25(23)35(26)34/h5-6,9-17,22H,2-4,7-8,18H2,1H3/t35-/m0/s1. The van der Waals surface area contributed by atoms with Crippen molar-refractivity contribution in [3.63, 3.8) is 0 Å². The maximum absolute atomic E-state index is 13.7. The van der Waals surface area contributed by atoms with Gasteiger partial charge in [0.05, 0.1) is 38.4 Å². The molecule has 180 valence electrons. The van der Waals surface area contributed by atoms with Gasteiger partial charge in [0.15, 0.2) is 0 Å². The second-order valence-corrected chi connectivity index (χ2v) is 10.6. The van der Waals surface area contributed by atoms with Crippen molar-refractivity contribution in [3.8, 4) is 0 Å². The Morgan fingerprint density at radius 1 is 1.00 bits per heavy atom. The molecule has 0 aromatic heterocycles. The van der Waals surface area contributed by atoms with E-state index in [4.69, 9.17) is 0 Å². The number of rotatable bonds is 4. The predicted molar refractivity (Wildman–Crippen MR) is 133 cm³/mol. The minimum absolute atomic E-state index is 0.110. The number of nitrogens with zero attached hydrogens (tertiary/aromatic N) is 2. The molecule has 1 fully saturated rings. The molecule has 1 aliphatic heterocycles. The highest BCUT2D eigenvalue weighted by molar-refractivity contribution is 7.85. The van der Waals surface area contributed by atoms with Gasteiger partial charge in [0.25, 0.3) is 11.8 Å². The van der Waals surface area contributed by atoms with E-state index >= 15 is 0 Å². The number of carbonyl (C=O) groups excluding carboxylic acids is 2. The van der Waals surface area contributed by atoms with Crippen molar-refractivity contribution in [1.29, 1.82) is 0 Å². The Kier molecular flexibility index (Phi) is 6.52. The van der Waals surface area contributed by atoms with Gasteiger partial charge in [0.1, 0.15) is 5.82 Å². The fourth-order valence-electron chi connectivity index (χ4n) is 4.96. The van der Waals surface area contributed by atoms with Gasteiger partial charge in [-0.2, -0.15) is 0 Å². The van der Waals surface area contributed by atoms with Gasteiger partial charge in [-0.15, -0.1) is 0 Å². The van der Waals surface area contributed by atoms with Crippen molar-refractivity contribution in [2.45, 2.75) is 54.5 Å². The van der Waals surface area contributed by atoms with E-state index in [1.165, 1.54) is 18.6 Å². The van der Waals surface area contributed by atoms with Gasteiger partial charge >= 0.3 is 0 Å². The molecule has 1 aliphatic carbocycles. The number of hydrogen-bond acceptors (Lipinski definition) is 3. The van der Waals surface area contributed by atoms with Gasteiger partial charge < -0.3 is 9.80 Å². The summed E-state index contributed by atoms with van der Waals surface area (Å²) < 4.78 is 27.1. The lowest BCUT2D eigenvalue weighted by atomic mass is 9.94. The first-order chi connectivity index (χ1) is 16.9. The van der Waals surface area contributed by atoms with Crippen LogP contribution in [0.1, 0.15) is 58.4 Å². The van der Waals surface area contributed by atoms with Crippen LogP contribution in [-0.2, 0) is 17.3 Å². The first-order valence-corrected chi connectivity index (χ1v) is 13.1. The summed E-state index contributed by atoms with van der Waals surface area (Å²) in [6.45, 7) is 0.160. The van der Waals surface area contributed by atoms with Gasteiger partial charge in [-0.1, -0.05) is 43.5 Å². The quantitative estimate of drug-likeness (QED) is 0.481. The molecule has 0 saturated heterocycles. The Hall–Kier alpha value is -3.32. The van der Waals surface area contributed by atoms with E-state index in [0.29, 0.717) is 26.6 Å². The topological polar surface area (TPSA) is 57.7 Å². The number of hydrogen-bond donors (Lipinski definition) is 0. The summed E-state index contributed by atoms with van der Waals surface area (Å²) in [7, 11) is 0.238. The van der Waals surface area contributed by atoms with E-state index in [1.54, 1.807) is 64.4 Å². The summed E-state index contributed by atoms with van der Waals surface area (Å²) >= 11 is 0. The lowest BCUT2D eigenvalue weighted by molar-refractivity contribution is 0.0696.